The molecule has 0 fully saturated rings. The van der Waals surface area contributed by atoms with E-state index < -0.39 is 20.9 Å². The largest absolute Gasteiger partial charge is 0.378 e. The van der Waals surface area contributed by atoms with Crippen molar-refractivity contribution >= 4 is 54.6 Å². The molecule has 35 heavy (non-hydrogen) atoms. The molecule has 11 heteroatoms. The standard InChI is InChI=1S/C24H16BrN3O6S/c25-18-8-13-23(34-35(32,33)20-11-9-19(10-12-20)28(30)31)17(14-18)15-26-27-24(29)22-7-3-5-16-4-1-2-6-21(16)22/h1-15H,(H,27,29)/b26-15-. The van der Waals surface area contributed by atoms with E-state index in [1.165, 1.54) is 12.3 Å². The minimum atomic E-state index is -4.29. The fourth-order valence-corrected chi connectivity index (χ4v) is 4.57. The number of nitrogens with zero attached hydrogens (tertiary/aromatic N) is 2. The molecule has 0 atom stereocenters. The fourth-order valence-electron chi connectivity index (χ4n) is 3.24. The molecule has 4 aromatic rings. The van der Waals surface area contributed by atoms with Crippen LogP contribution >= 0.6 is 15.9 Å². The molecule has 0 aliphatic carbocycles. The van der Waals surface area contributed by atoms with Gasteiger partial charge in [0.1, 0.15) is 4.90 Å². The van der Waals surface area contributed by atoms with Crippen molar-refractivity contribution in [2.24, 2.45) is 5.10 Å². The Balaban J connectivity index is 1.55. The van der Waals surface area contributed by atoms with Crippen LogP contribution in [0.5, 0.6) is 5.75 Å². The van der Waals surface area contributed by atoms with Crippen molar-refractivity contribution in [2.45, 2.75) is 4.90 Å². The van der Waals surface area contributed by atoms with E-state index in [1.54, 1.807) is 24.3 Å². The number of hydrazone groups is 1. The summed E-state index contributed by atoms with van der Waals surface area (Å²) in [5.74, 6) is -0.483. The van der Waals surface area contributed by atoms with Gasteiger partial charge in [-0.3, -0.25) is 14.9 Å². The second kappa shape index (κ2) is 10.0. The highest BCUT2D eigenvalue weighted by Crippen LogP contribution is 2.26. The van der Waals surface area contributed by atoms with Crippen molar-refractivity contribution in [1.82, 2.24) is 5.43 Å². The molecule has 0 saturated heterocycles. The van der Waals surface area contributed by atoms with Gasteiger partial charge in [-0.15, -0.1) is 0 Å². The average molecular weight is 554 g/mol. The zero-order chi connectivity index (χ0) is 25.0. The molecule has 176 valence electrons. The van der Waals surface area contributed by atoms with E-state index >= 15 is 0 Å². The zero-order valence-electron chi connectivity index (χ0n) is 17.8. The van der Waals surface area contributed by atoms with Crippen molar-refractivity contribution in [2.75, 3.05) is 0 Å². The summed E-state index contributed by atoms with van der Waals surface area (Å²) in [6.07, 6.45) is 1.26. The highest BCUT2D eigenvalue weighted by molar-refractivity contribution is 9.10. The molecule has 0 bridgehead atoms. The number of nitrogens with one attached hydrogen (secondary N) is 1. The molecule has 9 nitrogen and oxygen atoms in total. The Bertz CT molecular complexity index is 1570. The quantitative estimate of drug-likeness (QED) is 0.148. The number of non-ortho nitro benzene ring substituents is 1. The third-order valence-electron chi connectivity index (χ3n) is 4.91. The van der Waals surface area contributed by atoms with Gasteiger partial charge in [0.2, 0.25) is 0 Å². The summed E-state index contributed by atoms with van der Waals surface area (Å²) in [6, 6.07) is 21.7. The number of hydrogen-bond acceptors (Lipinski definition) is 7. The number of nitro groups is 1. The van der Waals surface area contributed by atoms with E-state index in [1.807, 2.05) is 30.3 Å². The molecule has 4 rings (SSSR count). The zero-order valence-corrected chi connectivity index (χ0v) is 20.2. The second-order valence-corrected chi connectivity index (χ2v) is 9.66. The van der Waals surface area contributed by atoms with Crippen LogP contribution in [0.2, 0.25) is 0 Å². The van der Waals surface area contributed by atoms with Crippen LogP contribution in [0.3, 0.4) is 0 Å². The topological polar surface area (TPSA) is 128 Å². The van der Waals surface area contributed by atoms with Crippen molar-refractivity contribution in [3.8, 4) is 5.75 Å². The number of carbonyl (C=O) groups is 1. The molecule has 0 unspecified atom stereocenters. The van der Waals surface area contributed by atoms with Gasteiger partial charge < -0.3 is 4.18 Å². The van der Waals surface area contributed by atoms with Crippen LogP contribution in [0.1, 0.15) is 15.9 Å². The van der Waals surface area contributed by atoms with Gasteiger partial charge in [-0.1, -0.05) is 52.3 Å². The Kier molecular flexibility index (Phi) is 6.90. The third-order valence-corrected chi connectivity index (χ3v) is 6.65. The minimum absolute atomic E-state index is 0.0466. The summed E-state index contributed by atoms with van der Waals surface area (Å²) in [5, 5.41) is 16.4. The van der Waals surface area contributed by atoms with Crippen LogP contribution in [-0.2, 0) is 10.1 Å². The predicted octanol–water partition coefficient (Wildman–Crippen LogP) is 5.04. The molecule has 4 aromatic carbocycles. The molecule has 0 aliphatic heterocycles. The summed E-state index contributed by atoms with van der Waals surface area (Å²) in [7, 11) is -4.29. The van der Waals surface area contributed by atoms with Gasteiger partial charge in [0.25, 0.3) is 11.6 Å². The predicted molar refractivity (Wildman–Crippen MR) is 134 cm³/mol. The van der Waals surface area contributed by atoms with Gasteiger partial charge in [-0.25, -0.2) is 5.43 Å². The number of rotatable bonds is 7. The van der Waals surface area contributed by atoms with E-state index in [4.69, 9.17) is 4.18 Å². The maximum absolute atomic E-state index is 12.7. The summed E-state index contributed by atoms with van der Waals surface area (Å²) < 4.78 is 31.3. The van der Waals surface area contributed by atoms with E-state index in [-0.39, 0.29) is 21.9 Å². The Morgan fingerprint density at radius 3 is 2.46 bits per heavy atom. The average Bonchev–Trinajstić information content (AvgIpc) is 2.85. The molecule has 0 heterocycles. The number of halogens is 1. The van der Waals surface area contributed by atoms with Gasteiger partial charge in [0.15, 0.2) is 5.75 Å². The lowest BCUT2D eigenvalue weighted by atomic mass is 10.0. The van der Waals surface area contributed by atoms with Crippen molar-refractivity contribution in [3.05, 3.63) is 111 Å². The van der Waals surface area contributed by atoms with Crippen molar-refractivity contribution < 1.29 is 22.3 Å². The molecular weight excluding hydrogens is 538 g/mol. The van der Waals surface area contributed by atoms with Gasteiger partial charge in [0, 0.05) is 27.7 Å². The Hall–Kier alpha value is -4.09. The van der Waals surface area contributed by atoms with E-state index in [0.29, 0.717) is 10.0 Å². The normalized spacial score (nSPS) is 11.5. The Labute approximate surface area is 208 Å². The molecule has 0 aromatic heterocycles. The van der Waals surface area contributed by atoms with Gasteiger partial charge in [-0.05, 0) is 47.2 Å². The molecule has 0 spiro atoms. The summed E-state index contributed by atoms with van der Waals surface area (Å²) in [4.78, 5) is 22.6. The van der Waals surface area contributed by atoms with Gasteiger partial charge in [-0.2, -0.15) is 13.5 Å². The maximum atomic E-state index is 12.7. The SMILES string of the molecule is O=C(N/N=C\c1cc(Br)ccc1OS(=O)(=O)c1ccc([N+](=O)[O-])cc1)c1cccc2ccccc12. The van der Waals surface area contributed by atoms with Crippen molar-refractivity contribution in [1.29, 1.82) is 0 Å². The lowest BCUT2D eigenvalue weighted by Crippen LogP contribution is -2.18. The maximum Gasteiger partial charge on any atom is 0.339 e. The minimum Gasteiger partial charge on any atom is -0.378 e. The van der Waals surface area contributed by atoms with Crippen LogP contribution in [0.4, 0.5) is 5.69 Å². The molecule has 0 radical (unpaired) electrons. The van der Waals surface area contributed by atoms with Crippen LogP contribution in [-0.4, -0.2) is 25.5 Å². The van der Waals surface area contributed by atoms with Crippen molar-refractivity contribution in [3.63, 3.8) is 0 Å². The van der Waals surface area contributed by atoms with E-state index in [2.05, 4.69) is 26.5 Å². The third kappa shape index (κ3) is 5.53. The van der Waals surface area contributed by atoms with Crippen LogP contribution in [0.25, 0.3) is 10.8 Å². The number of benzene rings is 4. The molecule has 0 saturated carbocycles. The summed E-state index contributed by atoms with van der Waals surface area (Å²) in [6.45, 7) is 0. The van der Waals surface area contributed by atoms with E-state index in [0.717, 1.165) is 35.0 Å². The number of nitro benzene ring substituents is 1. The number of carbonyl (C=O) groups excluding carboxylic acids is 1. The number of fused-ring (bicyclic) bond motifs is 1. The first-order chi connectivity index (χ1) is 16.7. The number of amides is 1. The van der Waals surface area contributed by atoms with E-state index in [9.17, 15) is 23.3 Å². The highest BCUT2D eigenvalue weighted by Gasteiger charge is 2.20. The number of hydrogen-bond donors (Lipinski definition) is 1. The first-order valence-corrected chi connectivity index (χ1v) is 12.2. The highest BCUT2D eigenvalue weighted by atomic mass is 79.9. The summed E-state index contributed by atoms with van der Waals surface area (Å²) in [5.41, 5.74) is 2.90. The Morgan fingerprint density at radius 2 is 1.71 bits per heavy atom. The molecular formula is C24H16BrN3O6S. The smallest absolute Gasteiger partial charge is 0.339 e. The van der Waals surface area contributed by atoms with Crippen LogP contribution < -0.4 is 9.61 Å². The monoisotopic (exact) mass is 553 g/mol. The lowest BCUT2D eigenvalue weighted by Gasteiger charge is -2.10. The molecule has 1 N–H and O–H groups in total. The fraction of sp³-hybridized carbons (Fsp3) is 0. The Morgan fingerprint density at radius 1 is 1.00 bits per heavy atom. The first-order valence-electron chi connectivity index (χ1n) is 10.0. The van der Waals surface area contributed by atoms with Crippen LogP contribution in [0.15, 0.2) is 99.4 Å². The van der Waals surface area contributed by atoms with Crippen LogP contribution in [0, 0.1) is 10.1 Å². The second-order valence-electron chi connectivity index (χ2n) is 7.20. The molecule has 0 aliphatic rings. The van der Waals surface area contributed by atoms with Gasteiger partial charge in [0.05, 0.1) is 11.1 Å². The molecule has 1 amide bonds. The lowest BCUT2D eigenvalue weighted by molar-refractivity contribution is -0.384. The summed E-state index contributed by atoms with van der Waals surface area (Å²) >= 11 is 3.31. The van der Waals surface area contributed by atoms with Gasteiger partial charge >= 0.3 is 10.1 Å². The first kappa shape index (κ1) is 24.0.